The lowest BCUT2D eigenvalue weighted by atomic mass is 10.1. The Morgan fingerprint density at radius 3 is 2.71 bits per heavy atom. The molecule has 0 saturated heterocycles. The summed E-state index contributed by atoms with van der Waals surface area (Å²) in [6.45, 7) is 0. The average Bonchev–Trinajstić information content (AvgIpc) is 2.15. The van der Waals surface area contributed by atoms with Crippen molar-refractivity contribution in [2.24, 2.45) is 5.73 Å². The van der Waals surface area contributed by atoms with Gasteiger partial charge in [-0.25, -0.2) is 0 Å². The number of benzene rings is 1. The van der Waals surface area contributed by atoms with Gasteiger partial charge in [0.1, 0.15) is 5.75 Å². The van der Waals surface area contributed by atoms with E-state index in [1.165, 1.54) is 0 Å². The van der Waals surface area contributed by atoms with Crippen LogP contribution < -0.4 is 5.73 Å². The number of nitrogens with two attached hydrogens (primary N) is 1. The summed E-state index contributed by atoms with van der Waals surface area (Å²) in [7, 11) is 0. The summed E-state index contributed by atoms with van der Waals surface area (Å²) in [5.74, 6) is 0.132. The Morgan fingerprint density at radius 2 is 2.14 bits per heavy atom. The van der Waals surface area contributed by atoms with Crippen LogP contribution in [0.4, 0.5) is 0 Å². The molecular weight excluding hydrogens is 198 g/mol. The molecule has 1 unspecified atom stereocenters. The average molecular weight is 211 g/mol. The molecule has 0 aromatic heterocycles. The van der Waals surface area contributed by atoms with Crippen molar-refractivity contribution >= 4 is 17.1 Å². The first-order valence-electron chi connectivity index (χ1n) is 4.29. The van der Waals surface area contributed by atoms with E-state index in [9.17, 15) is 9.35 Å². The molecule has 76 valence electrons. The first-order chi connectivity index (χ1) is 6.61. The Bertz CT molecular complexity index is 326. The van der Waals surface area contributed by atoms with E-state index in [0.29, 0.717) is 17.7 Å². The number of carbonyl (C=O) groups excluding carboxylic acids is 1. The van der Waals surface area contributed by atoms with E-state index in [1.54, 1.807) is 18.4 Å². The van der Waals surface area contributed by atoms with Crippen LogP contribution in [0.3, 0.4) is 0 Å². The topological polar surface area (TPSA) is 66.2 Å². The molecule has 0 fully saturated rings. The summed E-state index contributed by atoms with van der Waals surface area (Å²) >= 11 is -0.840. The zero-order chi connectivity index (χ0) is 10.6. The molecule has 1 rings (SSSR count). The maximum Gasteiger partial charge on any atom is 0.248 e. The highest BCUT2D eigenvalue weighted by molar-refractivity contribution is 7.90. The fraction of sp³-hybridized carbons (Fsp3) is 0.300. The summed E-state index contributed by atoms with van der Waals surface area (Å²) in [5.41, 5.74) is 6.60. The minimum atomic E-state index is -0.840. The maximum atomic E-state index is 11.0. The van der Waals surface area contributed by atoms with Crippen LogP contribution in [0.5, 0.6) is 0 Å². The van der Waals surface area contributed by atoms with Gasteiger partial charge in [0.15, 0.2) is 0 Å². The van der Waals surface area contributed by atoms with Crippen LogP contribution in [0.25, 0.3) is 0 Å². The van der Waals surface area contributed by atoms with Crippen LogP contribution in [0.1, 0.15) is 15.9 Å². The molecule has 0 aliphatic heterocycles. The normalized spacial score (nSPS) is 12.4. The van der Waals surface area contributed by atoms with Gasteiger partial charge in [-0.15, -0.1) is 0 Å². The Hall–Kier alpha value is -1.00. The number of primary amides is 1. The van der Waals surface area contributed by atoms with Gasteiger partial charge in [-0.3, -0.25) is 4.79 Å². The van der Waals surface area contributed by atoms with Gasteiger partial charge in [-0.2, -0.15) is 0 Å². The lowest BCUT2D eigenvalue weighted by Gasteiger charge is -2.07. The molecule has 2 N–H and O–H groups in total. The third-order valence-corrected chi connectivity index (χ3v) is 2.72. The fourth-order valence-corrected chi connectivity index (χ4v) is 1.74. The van der Waals surface area contributed by atoms with E-state index >= 15 is 0 Å². The molecule has 0 aliphatic carbocycles. The van der Waals surface area contributed by atoms with E-state index in [1.807, 2.05) is 12.1 Å². The monoisotopic (exact) mass is 211 g/mol. The van der Waals surface area contributed by atoms with Gasteiger partial charge in [0, 0.05) is 12.0 Å². The van der Waals surface area contributed by atoms with Gasteiger partial charge in [-0.1, -0.05) is 29.4 Å². The molecule has 0 bridgehead atoms. The molecule has 4 heteroatoms. The highest BCUT2D eigenvalue weighted by Gasteiger charge is 2.08. The largest absolute Gasteiger partial charge is 0.617 e. The maximum absolute atomic E-state index is 11.0. The predicted octanol–water partition coefficient (Wildman–Crippen LogP) is 0.707. The summed E-state index contributed by atoms with van der Waals surface area (Å²) in [5, 5.41) is 0. The van der Waals surface area contributed by atoms with Gasteiger partial charge < -0.3 is 10.3 Å². The molecule has 0 aliphatic rings. The molecule has 1 aromatic carbocycles. The van der Waals surface area contributed by atoms with Crippen LogP contribution in [-0.2, 0) is 17.6 Å². The van der Waals surface area contributed by atoms with Crippen LogP contribution in [0, 0.1) is 0 Å². The van der Waals surface area contributed by atoms with Crippen molar-refractivity contribution in [3.8, 4) is 0 Å². The number of carbonyl (C=O) groups is 1. The summed E-state index contributed by atoms with van der Waals surface area (Å²) < 4.78 is 10.9. The second-order valence-electron chi connectivity index (χ2n) is 3.05. The SMILES string of the molecule is C[S+]([O-])CCc1ccccc1C(N)=O. The zero-order valence-corrected chi connectivity index (χ0v) is 8.84. The van der Waals surface area contributed by atoms with E-state index in [0.717, 1.165) is 5.56 Å². The van der Waals surface area contributed by atoms with Crippen molar-refractivity contribution in [1.82, 2.24) is 0 Å². The van der Waals surface area contributed by atoms with Crippen LogP contribution >= 0.6 is 0 Å². The van der Waals surface area contributed by atoms with Crippen LogP contribution in [0.2, 0.25) is 0 Å². The highest BCUT2D eigenvalue weighted by atomic mass is 32.2. The smallest absolute Gasteiger partial charge is 0.248 e. The van der Waals surface area contributed by atoms with Gasteiger partial charge >= 0.3 is 0 Å². The number of hydrogen-bond donors (Lipinski definition) is 1. The fourth-order valence-electron chi connectivity index (χ4n) is 1.23. The minimum Gasteiger partial charge on any atom is -0.617 e. The predicted molar refractivity (Wildman–Crippen MR) is 57.6 cm³/mol. The Kier molecular flexibility index (Phi) is 3.98. The van der Waals surface area contributed by atoms with Crippen molar-refractivity contribution in [2.45, 2.75) is 6.42 Å². The molecule has 0 saturated carbocycles. The van der Waals surface area contributed by atoms with Gasteiger partial charge in [-0.05, 0) is 11.6 Å². The first-order valence-corrected chi connectivity index (χ1v) is 6.01. The first kappa shape index (κ1) is 11.1. The van der Waals surface area contributed by atoms with E-state index < -0.39 is 17.1 Å². The van der Waals surface area contributed by atoms with Gasteiger partial charge in [0.05, 0.1) is 6.26 Å². The highest BCUT2D eigenvalue weighted by Crippen LogP contribution is 2.09. The number of hydrogen-bond acceptors (Lipinski definition) is 2. The minimum absolute atomic E-state index is 0.428. The third-order valence-electron chi connectivity index (χ3n) is 1.94. The third kappa shape index (κ3) is 3.05. The second-order valence-corrected chi connectivity index (χ2v) is 4.60. The van der Waals surface area contributed by atoms with Crippen molar-refractivity contribution < 1.29 is 9.35 Å². The van der Waals surface area contributed by atoms with Crippen molar-refractivity contribution in [3.05, 3.63) is 35.4 Å². The number of aryl methyl sites for hydroxylation is 1. The Labute approximate surface area is 86.5 Å². The molecule has 1 amide bonds. The summed E-state index contributed by atoms with van der Waals surface area (Å²) in [4.78, 5) is 11.0. The molecule has 14 heavy (non-hydrogen) atoms. The number of amides is 1. The quantitative estimate of drug-likeness (QED) is 0.745. The molecule has 1 aromatic rings. The molecular formula is C10H13NO2S. The Morgan fingerprint density at radius 1 is 1.50 bits per heavy atom. The van der Waals surface area contributed by atoms with Crippen molar-refractivity contribution in [3.63, 3.8) is 0 Å². The van der Waals surface area contributed by atoms with Crippen molar-refractivity contribution in [1.29, 1.82) is 0 Å². The lowest BCUT2D eigenvalue weighted by molar-refractivity contribution is 0.0999. The summed E-state index contributed by atoms with van der Waals surface area (Å²) in [6.07, 6.45) is 2.27. The lowest BCUT2D eigenvalue weighted by Crippen LogP contribution is -2.15. The van der Waals surface area contributed by atoms with E-state index in [-0.39, 0.29) is 0 Å². The molecule has 1 atom stereocenters. The van der Waals surface area contributed by atoms with Gasteiger partial charge in [0.25, 0.3) is 0 Å². The van der Waals surface area contributed by atoms with Crippen LogP contribution in [0.15, 0.2) is 24.3 Å². The van der Waals surface area contributed by atoms with Crippen LogP contribution in [-0.4, -0.2) is 22.5 Å². The van der Waals surface area contributed by atoms with Crippen molar-refractivity contribution in [2.75, 3.05) is 12.0 Å². The van der Waals surface area contributed by atoms with E-state index in [2.05, 4.69) is 0 Å². The van der Waals surface area contributed by atoms with E-state index in [4.69, 9.17) is 5.73 Å². The van der Waals surface area contributed by atoms with Gasteiger partial charge in [0.2, 0.25) is 5.91 Å². The molecule has 0 radical (unpaired) electrons. The molecule has 3 nitrogen and oxygen atoms in total. The zero-order valence-electron chi connectivity index (χ0n) is 8.03. The summed E-state index contributed by atoms with van der Waals surface area (Å²) in [6, 6.07) is 7.15. The Balaban J connectivity index is 2.79. The molecule has 0 spiro atoms. The second kappa shape index (κ2) is 5.02. The molecule has 0 heterocycles. The standard InChI is InChI=1S/C10H13NO2S/c1-14(13)7-6-8-4-2-3-5-9(8)10(11)12/h2-5H,6-7H2,1H3,(H2,11,12). The number of rotatable bonds is 4.